The molecule has 14 heavy (non-hydrogen) atoms. The van der Waals surface area contributed by atoms with Crippen LogP contribution < -0.4 is 4.90 Å². The van der Waals surface area contributed by atoms with Gasteiger partial charge in [0.05, 0.1) is 5.00 Å². The van der Waals surface area contributed by atoms with E-state index in [0.29, 0.717) is 0 Å². The molecule has 0 spiro atoms. The summed E-state index contributed by atoms with van der Waals surface area (Å²) in [6, 6.07) is 8.26. The quantitative estimate of drug-likeness (QED) is 0.764. The molecule has 72 valence electrons. The largest absolute Gasteiger partial charge is 0.362 e. The van der Waals surface area contributed by atoms with Crippen molar-refractivity contribution < 1.29 is 0 Å². The Kier molecular flexibility index (Phi) is 2.79. The second-order valence-electron chi connectivity index (χ2n) is 3.17. The first-order valence-corrected chi connectivity index (χ1v) is 5.38. The summed E-state index contributed by atoms with van der Waals surface area (Å²) >= 11 is 1.76. The van der Waals surface area contributed by atoms with Crippen molar-refractivity contribution in [2.45, 2.75) is 6.54 Å². The highest BCUT2D eigenvalue weighted by molar-refractivity contribution is 7.14. The molecule has 3 heteroatoms. The van der Waals surface area contributed by atoms with Crippen molar-refractivity contribution in [3.63, 3.8) is 0 Å². The second-order valence-corrected chi connectivity index (χ2v) is 4.09. The van der Waals surface area contributed by atoms with E-state index in [9.17, 15) is 0 Å². The number of aromatic nitrogens is 1. The molecule has 2 rings (SSSR count). The fourth-order valence-corrected chi connectivity index (χ4v) is 2.03. The number of anilines is 1. The maximum absolute atomic E-state index is 4.10. The molecule has 2 aromatic heterocycles. The first-order chi connectivity index (χ1) is 6.86. The third-order valence-corrected chi connectivity index (χ3v) is 3.01. The van der Waals surface area contributed by atoms with Gasteiger partial charge >= 0.3 is 0 Å². The number of thiophene rings is 1. The van der Waals surface area contributed by atoms with Crippen molar-refractivity contribution in [3.05, 3.63) is 47.6 Å². The Labute approximate surface area is 87.8 Å². The van der Waals surface area contributed by atoms with Crippen LogP contribution in [0.25, 0.3) is 0 Å². The van der Waals surface area contributed by atoms with Crippen LogP contribution in [0, 0.1) is 0 Å². The molecule has 0 atom stereocenters. The Morgan fingerprint density at radius 1 is 1.36 bits per heavy atom. The van der Waals surface area contributed by atoms with E-state index in [1.54, 1.807) is 17.5 Å². The minimum atomic E-state index is 0.911. The van der Waals surface area contributed by atoms with Gasteiger partial charge in [0.25, 0.3) is 0 Å². The summed E-state index contributed by atoms with van der Waals surface area (Å²) in [5, 5.41) is 3.38. The summed E-state index contributed by atoms with van der Waals surface area (Å²) in [5.41, 5.74) is 1.24. The Hall–Kier alpha value is -1.35. The third-order valence-electron chi connectivity index (χ3n) is 2.02. The van der Waals surface area contributed by atoms with Gasteiger partial charge in [-0.1, -0.05) is 6.07 Å². The standard InChI is InChI=1S/C11H12N2S/c1-13(11-5-3-7-14-11)9-10-4-2-6-12-8-10/h2-8H,9H2,1H3. The minimum absolute atomic E-state index is 0.911. The molecule has 0 N–H and O–H groups in total. The van der Waals surface area contributed by atoms with Crippen molar-refractivity contribution >= 4 is 16.3 Å². The van der Waals surface area contributed by atoms with Crippen LogP contribution in [0.2, 0.25) is 0 Å². The predicted molar refractivity (Wildman–Crippen MR) is 60.7 cm³/mol. The summed E-state index contributed by atoms with van der Waals surface area (Å²) in [6.07, 6.45) is 3.71. The van der Waals surface area contributed by atoms with Crippen LogP contribution in [0.1, 0.15) is 5.56 Å². The van der Waals surface area contributed by atoms with Gasteiger partial charge in [-0.2, -0.15) is 0 Å². The molecular formula is C11H12N2S. The van der Waals surface area contributed by atoms with Gasteiger partial charge in [-0.15, -0.1) is 11.3 Å². The highest BCUT2D eigenvalue weighted by Crippen LogP contribution is 2.21. The van der Waals surface area contributed by atoms with Gasteiger partial charge in [-0.25, -0.2) is 0 Å². The number of hydrogen-bond donors (Lipinski definition) is 0. The average Bonchev–Trinajstić information content (AvgIpc) is 2.72. The first kappa shape index (κ1) is 9.21. The molecule has 0 unspecified atom stereocenters. The zero-order chi connectivity index (χ0) is 9.80. The lowest BCUT2D eigenvalue weighted by atomic mass is 10.3. The zero-order valence-electron chi connectivity index (χ0n) is 8.05. The van der Waals surface area contributed by atoms with Gasteiger partial charge in [0.2, 0.25) is 0 Å². The molecule has 0 bridgehead atoms. The molecule has 2 aromatic rings. The van der Waals surface area contributed by atoms with Gasteiger partial charge in [0, 0.05) is 26.0 Å². The second kappa shape index (κ2) is 4.24. The lowest BCUT2D eigenvalue weighted by molar-refractivity contribution is 0.926. The zero-order valence-corrected chi connectivity index (χ0v) is 8.87. The molecule has 2 nitrogen and oxygen atoms in total. The summed E-state index contributed by atoms with van der Waals surface area (Å²) in [6.45, 7) is 0.911. The van der Waals surface area contributed by atoms with Crippen molar-refractivity contribution in [1.82, 2.24) is 4.98 Å². The lowest BCUT2D eigenvalue weighted by Crippen LogP contribution is -2.14. The Balaban J connectivity index is 2.06. The maximum atomic E-state index is 4.10. The average molecular weight is 204 g/mol. The van der Waals surface area contributed by atoms with Gasteiger partial charge in [-0.05, 0) is 29.1 Å². The molecule has 0 aromatic carbocycles. The van der Waals surface area contributed by atoms with Crippen LogP contribution in [-0.4, -0.2) is 12.0 Å². The smallest absolute Gasteiger partial charge is 0.0908 e. The third kappa shape index (κ3) is 2.12. The summed E-state index contributed by atoms with van der Waals surface area (Å²) in [4.78, 5) is 6.32. The maximum Gasteiger partial charge on any atom is 0.0908 e. The van der Waals surface area contributed by atoms with E-state index in [4.69, 9.17) is 0 Å². The van der Waals surface area contributed by atoms with Crippen LogP contribution in [0.4, 0.5) is 5.00 Å². The van der Waals surface area contributed by atoms with Crippen LogP contribution in [0.3, 0.4) is 0 Å². The first-order valence-electron chi connectivity index (χ1n) is 4.50. The van der Waals surface area contributed by atoms with Crippen molar-refractivity contribution in [3.8, 4) is 0 Å². The molecule has 0 aliphatic rings. The Morgan fingerprint density at radius 3 is 2.93 bits per heavy atom. The number of rotatable bonds is 3. The SMILES string of the molecule is CN(Cc1cccnc1)c1cccs1. The van der Waals surface area contributed by atoms with E-state index in [2.05, 4.69) is 40.5 Å². The fourth-order valence-electron chi connectivity index (χ4n) is 1.33. The molecule has 0 saturated carbocycles. The number of hydrogen-bond acceptors (Lipinski definition) is 3. The van der Waals surface area contributed by atoms with Gasteiger partial charge in [-0.3, -0.25) is 4.98 Å². The Morgan fingerprint density at radius 2 is 2.29 bits per heavy atom. The van der Waals surface area contributed by atoms with E-state index >= 15 is 0 Å². The fraction of sp³-hybridized carbons (Fsp3) is 0.182. The van der Waals surface area contributed by atoms with Crippen LogP contribution in [-0.2, 0) is 6.54 Å². The number of pyridine rings is 1. The van der Waals surface area contributed by atoms with Crippen molar-refractivity contribution in [2.24, 2.45) is 0 Å². The molecular weight excluding hydrogens is 192 g/mol. The monoisotopic (exact) mass is 204 g/mol. The molecule has 0 saturated heterocycles. The molecule has 0 aliphatic carbocycles. The van der Waals surface area contributed by atoms with Crippen LogP contribution in [0.5, 0.6) is 0 Å². The molecule has 2 heterocycles. The Bertz CT molecular complexity index is 369. The van der Waals surface area contributed by atoms with E-state index in [0.717, 1.165) is 6.54 Å². The van der Waals surface area contributed by atoms with Gasteiger partial charge in [0.1, 0.15) is 0 Å². The van der Waals surface area contributed by atoms with Gasteiger partial charge in [0.15, 0.2) is 0 Å². The minimum Gasteiger partial charge on any atom is -0.362 e. The molecule has 0 radical (unpaired) electrons. The number of nitrogens with zero attached hydrogens (tertiary/aromatic N) is 2. The lowest BCUT2D eigenvalue weighted by Gasteiger charge is -2.16. The molecule has 0 aliphatic heterocycles. The summed E-state index contributed by atoms with van der Waals surface area (Å²) in [5.74, 6) is 0. The van der Waals surface area contributed by atoms with E-state index in [-0.39, 0.29) is 0 Å². The topological polar surface area (TPSA) is 16.1 Å². The van der Waals surface area contributed by atoms with E-state index in [1.165, 1.54) is 10.6 Å². The van der Waals surface area contributed by atoms with Crippen molar-refractivity contribution in [2.75, 3.05) is 11.9 Å². The normalized spacial score (nSPS) is 10.1. The highest BCUT2D eigenvalue weighted by atomic mass is 32.1. The summed E-state index contributed by atoms with van der Waals surface area (Å²) in [7, 11) is 2.10. The van der Waals surface area contributed by atoms with E-state index in [1.807, 2.05) is 12.3 Å². The van der Waals surface area contributed by atoms with Crippen LogP contribution in [0.15, 0.2) is 42.0 Å². The van der Waals surface area contributed by atoms with E-state index < -0.39 is 0 Å². The van der Waals surface area contributed by atoms with Crippen molar-refractivity contribution in [1.29, 1.82) is 0 Å². The predicted octanol–water partition coefficient (Wildman–Crippen LogP) is 2.78. The summed E-state index contributed by atoms with van der Waals surface area (Å²) < 4.78 is 0. The highest BCUT2D eigenvalue weighted by Gasteiger charge is 2.01. The van der Waals surface area contributed by atoms with Crippen LogP contribution >= 0.6 is 11.3 Å². The molecule has 0 amide bonds. The van der Waals surface area contributed by atoms with Gasteiger partial charge < -0.3 is 4.90 Å². The molecule has 0 fully saturated rings.